The van der Waals surface area contributed by atoms with E-state index in [1.165, 1.54) is 0 Å². The van der Waals surface area contributed by atoms with Gasteiger partial charge in [-0.2, -0.15) is 0 Å². The predicted molar refractivity (Wildman–Crippen MR) is 106 cm³/mol. The second-order valence-corrected chi connectivity index (χ2v) is 8.33. The minimum absolute atomic E-state index is 0. The fourth-order valence-electron chi connectivity index (χ4n) is 2.53. The van der Waals surface area contributed by atoms with Gasteiger partial charge >= 0.3 is 41.5 Å². The fraction of sp³-hybridized carbons (Fsp3) is 0.700. The molecule has 162 valence electrons. The Morgan fingerprint density at radius 3 is 1.79 bits per heavy atom. The van der Waals surface area contributed by atoms with Crippen LogP contribution in [0.5, 0.6) is 0 Å². The number of ether oxygens (including phenoxy) is 2. The van der Waals surface area contributed by atoms with Crippen LogP contribution in [0.2, 0.25) is 0 Å². The van der Waals surface area contributed by atoms with Crippen molar-refractivity contribution in [3.63, 3.8) is 0 Å². The van der Waals surface area contributed by atoms with Crippen LogP contribution in [0.3, 0.4) is 0 Å². The van der Waals surface area contributed by atoms with Crippen LogP contribution in [0.1, 0.15) is 58.8 Å². The SMILES string of the molecule is C=CCC[C@@H](CC)COC(=O)CC(C(=O)OC[C@H](CC)CCC=C)S(=O)(=O)[O-].[Na+]. The van der Waals surface area contributed by atoms with Crippen molar-refractivity contribution in [2.75, 3.05) is 13.2 Å². The van der Waals surface area contributed by atoms with Crippen molar-refractivity contribution in [3.05, 3.63) is 25.3 Å². The molecular formula is C20H33NaO7S. The maximum atomic E-state index is 12.1. The third-order valence-corrected chi connectivity index (χ3v) is 5.67. The second kappa shape index (κ2) is 17.1. The molecule has 0 aliphatic carbocycles. The van der Waals surface area contributed by atoms with Crippen molar-refractivity contribution < 1.29 is 61.6 Å². The molecule has 0 aromatic carbocycles. The molecule has 1 unspecified atom stereocenters. The third kappa shape index (κ3) is 14.0. The van der Waals surface area contributed by atoms with Gasteiger partial charge in [0, 0.05) is 0 Å². The van der Waals surface area contributed by atoms with Gasteiger partial charge in [0.05, 0.1) is 19.6 Å². The maximum absolute atomic E-state index is 12.1. The topological polar surface area (TPSA) is 110 Å². The molecule has 0 spiro atoms. The minimum Gasteiger partial charge on any atom is -0.747 e. The van der Waals surface area contributed by atoms with E-state index in [1.54, 1.807) is 12.2 Å². The summed E-state index contributed by atoms with van der Waals surface area (Å²) < 4.78 is 44.4. The summed E-state index contributed by atoms with van der Waals surface area (Å²) in [7, 11) is -5.04. The van der Waals surface area contributed by atoms with Crippen LogP contribution in [0.25, 0.3) is 0 Å². The summed E-state index contributed by atoms with van der Waals surface area (Å²) >= 11 is 0. The monoisotopic (exact) mass is 440 g/mol. The third-order valence-electron chi connectivity index (χ3n) is 4.62. The van der Waals surface area contributed by atoms with E-state index >= 15 is 0 Å². The van der Waals surface area contributed by atoms with Crippen LogP contribution in [-0.4, -0.2) is 43.4 Å². The van der Waals surface area contributed by atoms with Crippen molar-refractivity contribution in [1.82, 2.24) is 0 Å². The molecule has 0 radical (unpaired) electrons. The van der Waals surface area contributed by atoms with E-state index in [0.717, 1.165) is 38.5 Å². The van der Waals surface area contributed by atoms with E-state index < -0.39 is 33.7 Å². The van der Waals surface area contributed by atoms with Crippen LogP contribution in [0, 0.1) is 11.8 Å². The van der Waals surface area contributed by atoms with Crippen LogP contribution >= 0.6 is 0 Å². The first-order valence-electron chi connectivity index (χ1n) is 9.68. The first-order chi connectivity index (χ1) is 13.2. The number of hydrogen-bond acceptors (Lipinski definition) is 7. The smallest absolute Gasteiger partial charge is 0.747 e. The molecule has 0 heterocycles. The summed E-state index contributed by atoms with van der Waals surface area (Å²) in [6, 6.07) is 0. The molecule has 0 saturated heterocycles. The normalized spacial score (nSPS) is 14.0. The Labute approximate surface area is 197 Å². The molecule has 0 bridgehead atoms. The summed E-state index contributed by atoms with van der Waals surface area (Å²) in [6.45, 7) is 11.2. The van der Waals surface area contributed by atoms with Gasteiger partial charge in [0.1, 0.15) is 10.1 Å². The Kier molecular flexibility index (Phi) is 18.0. The van der Waals surface area contributed by atoms with Gasteiger partial charge < -0.3 is 14.0 Å². The number of rotatable bonds is 16. The number of carbonyl (C=O) groups is 2. The average Bonchev–Trinajstić information content (AvgIpc) is 2.65. The number of esters is 2. The molecule has 0 amide bonds. The molecule has 3 atom stereocenters. The van der Waals surface area contributed by atoms with Gasteiger partial charge in [-0.25, -0.2) is 8.42 Å². The molecule has 9 heteroatoms. The zero-order chi connectivity index (χ0) is 21.6. The number of allylic oxidation sites excluding steroid dienone is 2. The Morgan fingerprint density at radius 2 is 1.41 bits per heavy atom. The van der Waals surface area contributed by atoms with E-state index in [0.29, 0.717) is 0 Å². The van der Waals surface area contributed by atoms with E-state index in [-0.39, 0.29) is 54.6 Å². The van der Waals surface area contributed by atoms with E-state index in [1.807, 2.05) is 13.8 Å². The van der Waals surface area contributed by atoms with Crippen molar-refractivity contribution in [2.24, 2.45) is 11.8 Å². The molecule has 0 aliphatic rings. The Morgan fingerprint density at radius 1 is 0.966 bits per heavy atom. The maximum Gasteiger partial charge on any atom is 1.00 e. The molecular weight excluding hydrogens is 407 g/mol. The number of carbonyl (C=O) groups excluding carboxylic acids is 2. The van der Waals surface area contributed by atoms with Crippen molar-refractivity contribution in [3.8, 4) is 0 Å². The van der Waals surface area contributed by atoms with Crippen LogP contribution in [0.4, 0.5) is 0 Å². The van der Waals surface area contributed by atoms with Gasteiger partial charge in [0.15, 0.2) is 5.25 Å². The molecule has 29 heavy (non-hydrogen) atoms. The van der Waals surface area contributed by atoms with Crippen molar-refractivity contribution in [2.45, 2.75) is 64.0 Å². The van der Waals surface area contributed by atoms with E-state index in [9.17, 15) is 22.6 Å². The van der Waals surface area contributed by atoms with Crippen LogP contribution in [-0.2, 0) is 29.2 Å². The molecule has 0 aromatic heterocycles. The average molecular weight is 441 g/mol. The summed E-state index contributed by atoms with van der Waals surface area (Å²) in [5.41, 5.74) is 0. The van der Waals surface area contributed by atoms with E-state index in [2.05, 4.69) is 13.2 Å². The second-order valence-electron chi connectivity index (χ2n) is 6.78. The Bertz CT molecular complexity index is 604. The summed E-state index contributed by atoms with van der Waals surface area (Å²) in [6.07, 6.45) is 7.17. The summed E-state index contributed by atoms with van der Waals surface area (Å²) in [5.74, 6) is -1.98. The molecule has 0 fully saturated rings. The van der Waals surface area contributed by atoms with Crippen LogP contribution in [0.15, 0.2) is 25.3 Å². The van der Waals surface area contributed by atoms with Gasteiger partial charge in [-0.05, 0) is 37.5 Å². The molecule has 0 saturated carbocycles. The fourth-order valence-corrected chi connectivity index (χ4v) is 3.18. The number of hydrogen-bond donors (Lipinski definition) is 0. The largest absolute Gasteiger partial charge is 1.00 e. The van der Waals surface area contributed by atoms with E-state index in [4.69, 9.17) is 9.47 Å². The van der Waals surface area contributed by atoms with Gasteiger partial charge in [0.2, 0.25) is 0 Å². The zero-order valence-corrected chi connectivity index (χ0v) is 20.7. The van der Waals surface area contributed by atoms with Crippen LogP contribution < -0.4 is 29.6 Å². The Balaban J connectivity index is 0. The first kappa shape index (κ1) is 30.5. The zero-order valence-electron chi connectivity index (χ0n) is 17.9. The molecule has 0 rings (SSSR count). The Hall–Kier alpha value is -0.670. The van der Waals surface area contributed by atoms with Gasteiger partial charge in [-0.15, -0.1) is 13.2 Å². The van der Waals surface area contributed by atoms with Crippen molar-refractivity contribution >= 4 is 22.1 Å². The predicted octanol–water partition coefficient (Wildman–Crippen LogP) is 0.366. The molecule has 0 aromatic rings. The van der Waals surface area contributed by atoms with Crippen molar-refractivity contribution in [1.29, 1.82) is 0 Å². The first-order valence-corrected chi connectivity index (χ1v) is 11.1. The molecule has 7 nitrogen and oxygen atoms in total. The van der Waals surface area contributed by atoms with Gasteiger partial charge in [-0.3, -0.25) is 9.59 Å². The molecule has 0 N–H and O–H groups in total. The minimum atomic E-state index is -5.04. The van der Waals surface area contributed by atoms with Gasteiger partial charge in [0.25, 0.3) is 0 Å². The summed E-state index contributed by atoms with van der Waals surface area (Å²) in [4.78, 5) is 24.1. The van der Waals surface area contributed by atoms with Gasteiger partial charge in [-0.1, -0.05) is 38.8 Å². The summed E-state index contributed by atoms with van der Waals surface area (Å²) in [5, 5.41) is -2.09. The molecule has 0 aliphatic heterocycles. The standard InChI is InChI=1S/C20H34O7S.Na/c1-5-9-11-16(7-3)14-26-19(21)13-18(28(23,24)25)20(22)27-15-17(8-4)12-10-6-2;/h5-6,16-18H,1-2,7-15H2,3-4H3,(H,23,24,25);/q;+1/p-1/t16-,17-,18?;/m1./s1. The quantitative estimate of drug-likeness (QED) is 0.148.